The van der Waals surface area contributed by atoms with Crippen molar-refractivity contribution < 1.29 is 9.47 Å². The van der Waals surface area contributed by atoms with Gasteiger partial charge in [0.15, 0.2) is 11.5 Å². The van der Waals surface area contributed by atoms with Crippen molar-refractivity contribution >= 4 is 17.5 Å². The summed E-state index contributed by atoms with van der Waals surface area (Å²) in [7, 11) is 3.72. The molecule has 0 amide bonds. The average molecular weight is 442 g/mol. The van der Waals surface area contributed by atoms with Crippen LogP contribution in [-0.4, -0.2) is 79.4 Å². The second kappa shape index (κ2) is 11.3. The Bertz CT molecular complexity index is 860. The zero-order valence-electron chi connectivity index (χ0n) is 19.1. The van der Waals surface area contributed by atoms with Crippen molar-refractivity contribution in [2.24, 2.45) is 0 Å². The van der Waals surface area contributed by atoms with Crippen molar-refractivity contribution in [2.75, 3.05) is 64.1 Å². The lowest BCUT2D eigenvalue weighted by atomic mass is 10.2. The lowest BCUT2D eigenvalue weighted by Gasteiger charge is -2.16. The summed E-state index contributed by atoms with van der Waals surface area (Å²) in [5, 5.41) is 8.79. The highest BCUT2D eigenvalue weighted by molar-refractivity contribution is 5.60. The number of anilines is 3. The van der Waals surface area contributed by atoms with Crippen LogP contribution < -0.4 is 25.5 Å². The molecule has 3 heterocycles. The van der Waals surface area contributed by atoms with E-state index >= 15 is 0 Å². The first-order chi connectivity index (χ1) is 15.7. The number of hydrazine groups is 1. The molecule has 1 aromatic heterocycles. The predicted molar refractivity (Wildman–Crippen MR) is 127 cm³/mol. The van der Waals surface area contributed by atoms with E-state index in [2.05, 4.69) is 43.0 Å². The maximum absolute atomic E-state index is 6.04. The number of benzene rings is 1. The summed E-state index contributed by atoms with van der Waals surface area (Å²) in [6.07, 6.45) is 6.51. The molecule has 2 aliphatic heterocycles. The first-order valence-corrected chi connectivity index (χ1v) is 11.5. The van der Waals surface area contributed by atoms with Crippen LogP contribution in [0.1, 0.15) is 25.7 Å². The van der Waals surface area contributed by atoms with Crippen molar-refractivity contribution in [3.05, 3.63) is 30.5 Å². The van der Waals surface area contributed by atoms with Crippen molar-refractivity contribution in [2.45, 2.75) is 31.7 Å². The van der Waals surface area contributed by atoms with Crippen molar-refractivity contribution in [1.82, 2.24) is 25.3 Å². The number of ether oxygens (including phenoxy) is 2. The van der Waals surface area contributed by atoms with E-state index in [1.54, 1.807) is 13.3 Å². The molecule has 2 aromatic rings. The molecule has 3 N–H and O–H groups in total. The van der Waals surface area contributed by atoms with Gasteiger partial charge in [-0.05, 0) is 57.0 Å². The van der Waals surface area contributed by atoms with Gasteiger partial charge in [-0.1, -0.05) is 0 Å². The minimum absolute atomic E-state index is 0.415. The van der Waals surface area contributed by atoms with E-state index in [0.29, 0.717) is 18.6 Å². The number of nitrogens with zero attached hydrogens (tertiary/aromatic N) is 4. The lowest BCUT2D eigenvalue weighted by Crippen LogP contribution is -2.36. The van der Waals surface area contributed by atoms with Crippen molar-refractivity contribution in [3.8, 4) is 11.5 Å². The molecular formula is C23H35N7O2. The quantitative estimate of drug-likeness (QED) is 0.456. The molecule has 2 fully saturated rings. The fourth-order valence-electron chi connectivity index (χ4n) is 4.16. The normalized spacial score (nSPS) is 19.2. The standard InChI is InChI=1S/C23H35N7O2/c1-29-14-9-19(28-29)17-25-22-8-10-24-23(27-22)26-18-6-7-20(31-2)21(16-18)32-15-5-13-30-11-3-4-12-30/h6-8,10,16,19,28H,3-5,9,11-15,17H2,1-2H3,(H2,24,25,26,27). The fourth-order valence-corrected chi connectivity index (χ4v) is 4.16. The minimum atomic E-state index is 0.415. The number of rotatable bonds is 11. The number of aromatic nitrogens is 2. The molecule has 174 valence electrons. The Morgan fingerprint density at radius 1 is 1.16 bits per heavy atom. The molecular weight excluding hydrogens is 406 g/mol. The van der Waals surface area contributed by atoms with Gasteiger partial charge in [0.05, 0.1) is 13.7 Å². The molecule has 0 saturated carbocycles. The SMILES string of the molecule is COc1ccc(Nc2nccc(NCC3CCN(C)N3)n2)cc1OCCCN1CCCC1. The number of methoxy groups -OCH3 is 1. The number of nitrogens with one attached hydrogen (secondary N) is 3. The van der Waals surface area contributed by atoms with Gasteiger partial charge in [-0.3, -0.25) is 5.43 Å². The average Bonchev–Trinajstić information content (AvgIpc) is 3.47. The van der Waals surface area contributed by atoms with E-state index in [0.717, 1.165) is 55.5 Å². The van der Waals surface area contributed by atoms with Crippen LogP contribution in [0.4, 0.5) is 17.5 Å². The monoisotopic (exact) mass is 441 g/mol. The molecule has 9 nitrogen and oxygen atoms in total. The molecule has 0 aliphatic carbocycles. The van der Waals surface area contributed by atoms with Crippen molar-refractivity contribution in [1.29, 1.82) is 0 Å². The van der Waals surface area contributed by atoms with Gasteiger partial charge in [0.2, 0.25) is 5.95 Å². The molecule has 2 aliphatic rings. The predicted octanol–water partition coefficient (Wildman–Crippen LogP) is 2.71. The second-order valence-electron chi connectivity index (χ2n) is 8.42. The minimum Gasteiger partial charge on any atom is -0.493 e. The molecule has 0 spiro atoms. The number of hydrogen-bond acceptors (Lipinski definition) is 9. The van der Waals surface area contributed by atoms with Crippen LogP contribution in [0.5, 0.6) is 11.5 Å². The van der Waals surface area contributed by atoms with Crippen LogP contribution in [0.3, 0.4) is 0 Å². The van der Waals surface area contributed by atoms with Crippen LogP contribution in [0.15, 0.2) is 30.5 Å². The first-order valence-electron chi connectivity index (χ1n) is 11.5. The molecule has 2 saturated heterocycles. The highest BCUT2D eigenvalue weighted by Crippen LogP contribution is 2.31. The van der Waals surface area contributed by atoms with Gasteiger partial charge in [-0.25, -0.2) is 9.99 Å². The number of hydrogen-bond donors (Lipinski definition) is 3. The van der Waals surface area contributed by atoms with Crippen LogP contribution in [0.25, 0.3) is 0 Å². The summed E-state index contributed by atoms with van der Waals surface area (Å²) in [5.41, 5.74) is 4.27. The molecule has 1 aromatic carbocycles. The third-order valence-electron chi connectivity index (χ3n) is 5.90. The summed E-state index contributed by atoms with van der Waals surface area (Å²) in [5.74, 6) is 2.79. The summed E-state index contributed by atoms with van der Waals surface area (Å²) in [6.45, 7) is 6.05. The Kier molecular flexibility index (Phi) is 7.97. The maximum Gasteiger partial charge on any atom is 0.229 e. The Morgan fingerprint density at radius 3 is 2.81 bits per heavy atom. The fraction of sp³-hybridized carbons (Fsp3) is 0.565. The van der Waals surface area contributed by atoms with E-state index in [4.69, 9.17) is 9.47 Å². The van der Waals surface area contributed by atoms with Gasteiger partial charge >= 0.3 is 0 Å². The smallest absolute Gasteiger partial charge is 0.229 e. The topological polar surface area (TPSA) is 86.8 Å². The van der Waals surface area contributed by atoms with Gasteiger partial charge in [0.1, 0.15) is 5.82 Å². The summed E-state index contributed by atoms with van der Waals surface area (Å²) >= 11 is 0. The molecule has 9 heteroatoms. The Morgan fingerprint density at radius 2 is 2.03 bits per heavy atom. The van der Waals surface area contributed by atoms with E-state index in [-0.39, 0.29) is 0 Å². The van der Waals surface area contributed by atoms with E-state index in [1.165, 1.54) is 25.9 Å². The molecule has 1 unspecified atom stereocenters. The third-order valence-corrected chi connectivity index (χ3v) is 5.90. The summed E-state index contributed by atoms with van der Waals surface area (Å²) in [6, 6.07) is 8.08. The molecule has 4 rings (SSSR count). The Labute approximate surface area is 190 Å². The molecule has 0 radical (unpaired) electrons. The van der Waals surface area contributed by atoms with Gasteiger partial charge in [0.25, 0.3) is 0 Å². The van der Waals surface area contributed by atoms with Gasteiger partial charge in [-0.2, -0.15) is 4.98 Å². The first kappa shape index (κ1) is 22.6. The summed E-state index contributed by atoms with van der Waals surface area (Å²) < 4.78 is 11.5. The third kappa shape index (κ3) is 6.44. The van der Waals surface area contributed by atoms with Gasteiger partial charge in [-0.15, -0.1) is 0 Å². The van der Waals surface area contributed by atoms with E-state index in [1.807, 2.05) is 24.3 Å². The van der Waals surface area contributed by atoms with Crippen LogP contribution in [-0.2, 0) is 0 Å². The number of likely N-dealkylation sites (tertiary alicyclic amines) is 1. The van der Waals surface area contributed by atoms with Crippen LogP contribution >= 0.6 is 0 Å². The van der Waals surface area contributed by atoms with Crippen LogP contribution in [0.2, 0.25) is 0 Å². The molecule has 1 atom stereocenters. The van der Waals surface area contributed by atoms with Gasteiger partial charge in [0, 0.05) is 50.7 Å². The maximum atomic E-state index is 6.04. The Hall–Kier alpha value is -2.62. The van der Waals surface area contributed by atoms with Crippen LogP contribution in [0, 0.1) is 0 Å². The lowest BCUT2D eigenvalue weighted by molar-refractivity contribution is 0.254. The molecule has 32 heavy (non-hydrogen) atoms. The summed E-state index contributed by atoms with van der Waals surface area (Å²) in [4.78, 5) is 11.4. The highest BCUT2D eigenvalue weighted by atomic mass is 16.5. The van der Waals surface area contributed by atoms with Gasteiger partial charge < -0.3 is 25.0 Å². The zero-order chi connectivity index (χ0) is 22.2. The Balaban J connectivity index is 1.31. The molecule has 0 bridgehead atoms. The largest absolute Gasteiger partial charge is 0.493 e. The van der Waals surface area contributed by atoms with E-state index < -0.39 is 0 Å². The second-order valence-corrected chi connectivity index (χ2v) is 8.42. The zero-order valence-corrected chi connectivity index (χ0v) is 19.1. The van der Waals surface area contributed by atoms with E-state index in [9.17, 15) is 0 Å². The van der Waals surface area contributed by atoms with Crippen molar-refractivity contribution in [3.63, 3.8) is 0 Å². The highest BCUT2D eigenvalue weighted by Gasteiger charge is 2.18.